The third-order valence-corrected chi connectivity index (χ3v) is 10.7. The minimum Gasteiger partial charge on any atom is -0.407 e. The average Bonchev–Trinajstić information content (AvgIpc) is 3.12. The fourth-order valence-electron chi connectivity index (χ4n) is 3.83. The van der Waals surface area contributed by atoms with Crippen molar-refractivity contribution in [3.8, 4) is 0 Å². The topological polar surface area (TPSA) is 27.1 Å². The summed E-state index contributed by atoms with van der Waals surface area (Å²) >= 11 is 3.48. The van der Waals surface area contributed by atoms with Crippen LogP contribution in [0.25, 0.3) is 0 Å². The monoisotopic (exact) mass is 456 g/mol. The van der Waals surface area contributed by atoms with Crippen molar-refractivity contribution in [2.75, 3.05) is 6.61 Å². The van der Waals surface area contributed by atoms with Gasteiger partial charge in [0.2, 0.25) is 0 Å². The predicted octanol–water partition coefficient (Wildman–Crippen LogP) is 5.17. The molecule has 148 valence electrons. The highest BCUT2D eigenvalue weighted by Gasteiger charge is 2.50. The van der Waals surface area contributed by atoms with Crippen molar-refractivity contribution in [2.45, 2.75) is 45.2 Å². The van der Waals surface area contributed by atoms with Gasteiger partial charge in [-0.15, -0.1) is 0 Å². The van der Waals surface area contributed by atoms with Crippen LogP contribution in [0.3, 0.4) is 0 Å². The van der Waals surface area contributed by atoms with E-state index in [1.54, 1.807) is 0 Å². The molecule has 0 radical (unpaired) electrons. The van der Waals surface area contributed by atoms with Crippen LogP contribution in [-0.2, 0) is 4.43 Å². The van der Waals surface area contributed by atoms with Crippen molar-refractivity contribution in [2.24, 2.45) is 0 Å². The Morgan fingerprint density at radius 1 is 1.00 bits per heavy atom. The first-order valence-electron chi connectivity index (χ1n) is 9.79. The Hall–Kier alpha value is -1.69. The van der Waals surface area contributed by atoms with E-state index in [0.717, 1.165) is 10.9 Å². The standard InChI is InChI=1S/C23H29BrN2OSi/c1-19(26-18-20(24)17-25-26)15-16-27-28(23(2,3)4,21-11-7-5-8-12-21)22-13-9-6-10-14-22/h5-14,17-19H,15-16H2,1-4H3/t19-/m1/s1. The highest BCUT2D eigenvalue weighted by atomic mass is 79.9. The zero-order valence-electron chi connectivity index (χ0n) is 17.1. The van der Waals surface area contributed by atoms with Crippen LogP contribution in [-0.4, -0.2) is 24.7 Å². The Morgan fingerprint density at radius 2 is 1.54 bits per heavy atom. The molecule has 0 N–H and O–H groups in total. The van der Waals surface area contributed by atoms with Gasteiger partial charge >= 0.3 is 0 Å². The van der Waals surface area contributed by atoms with Crippen LogP contribution in [0.5, 0.6) is 0 Å². The molecule has 0 unspecified atom stereocenters. The molecule has 0 saturated carbocycles. The summed E-state index contributed by atoms with van der Waals surface area (Å²) in [6.45, 7) is 9.83. The molecule has 2 aromatic carbocycles. The summed E-state index contributed by atoms with van der Waals surface area (Å²) in [7, 11) is -2.45. The first-order valence-corrected chi connectivity index (χ1v) is 12.5. The number of hydrogen-bond acceptors (Lipinski definition) is 2. The van der Waals surface area contributed by atoms with Gasteiger partial charge in [-0.2, -0.15) is 5.10 Å². The number of aromatic nitrogens is 2. The fraction of sp³-hybridized carbons (Fsp3) is 0.348. The molecule has 0 aliphatic rings. The molecule has 0 bridgehead atoms. The molecule has 0 fully saturated rings. The lowest BCUT2D eigenvalue weighted by molar-refractivity contribution is 0.263. The predicted molar refractivity (Wildman–Crippen MR) is 123 cm³/mol. The smallest absolute Gasteiger partial charge is 0.261 e. The van der Waals surface area contributed by atoms with Crippen LogP contribution in [0.2, 0.25) is 5.04 Å². The minimum absolute atomic E-state index is 0.00761. The third kappa shape index (κ3) is 4.32. The molecule has 0 spiro atoms. The van der Waals surface area contributed by atoms with Gasteiger partial charge in [0.1, 0.15) is 0 Å². The molecule has 1 atom stereocenters. The summed E-state index contributed by atoms with van der Waals surface area (Å²) in [5, 5.41) is 7.07. The molecule has 3 nitrogen and oxygen atoms in total. The van der Waals surface area contributed by atoms with Gasteiger partial charge in [0, 0.05) is 12.8 Å². The first-order chi connectivity index (χ1) is 13.3. The lowest BCUT2D eigenvalue weighted by Crippen LogP contribution is -2.66. The van der Waals surface area contributed by atoms with E-state index >= 15 is 0 Å². The molecule has 0 amide bonds. The van der Waals surface area contributed by atoms with Gasteiger partial charge in [-0.1, -0.05) is 81.4 Å². The Balaban J connectivity index is 1.92. The van der Waals surface area contributed by atoms with Gasteiger partial charge in [-0.3, -0.25) is 4.68 Å². The minimum atomic E-state index is -2.45. The van der Waals surface area contributed by atoms with Crippen LogP contribution in [0.4, 0.5) is 0 Å². The summed E-state index contributed by atoms with van der Waals surface area (Å²) in [4.78, 5) is 0. The van der Waals surface area contributed by atoms with Gasteiger partial charge < -0.3 is 4.43 Å². The maximum absolute atomic E-state index is 6.95. The normalized spacial score (nSPS) is 13.5. The lowest BCUT2D eigenvalue weighted by Gasteiger charge is -2.43. The van der Waals surface area contributed by atoms with Crippen molar-refractivity contribution in [1.82, 2.24) is 9.78 Å². The average molecular weight is 457 g/mol. The van der Waals surface area contributed by atoms with Crippen LogP contribution in [0.1, 0.15) is 40.2 Å². The Bertz CT molecular complexity index is 835. The van der Waals surface area contributed by atoms with E-state index in [1.165, 1.54) is 10.4 Å². The molecule has 1 heterocycles. The summed E-state index contributed by atoms with van der Waals surface area (Å²) < 4.78 is 9.96. The Kier molecular flexibility index (Phi) is 6.58. The highest BCUT2D eigenvalue weighted by Crippen LogP contribution is 2.37. The molecular formula is C23H29BrN2OSi. The largest absolute Gasteiger partial charge is 0.407 e. The second-order valence-electron chi connectivity index (χ2n) is 8.29. The third-order valence-electron chi connectivity index (χ3n) is 5.29. The Morgan fingerprint density at radius 3 is 1.96 bits per heavy atom. The van der Waals surface area contributed by atoms with Crippen molar-refractivity contribution >= 4 is 34.6 Å². The lowest BCUT2D eigenvalue weighted by atomic mass is 10.2. The van der Waals surface area contributed by atoms with Crippen LogP contribution >= 0.6 is 15.9 Å². The number of rotatable bonds is 7. The molecule has 3 rings (SSSR count). The quantitative estimate of drug-likeness (QED) is 0.458. The van der Waals surface area contributed by atoms with Crippen LogP contribution in [0, 0.1) is 0 Å². The summed E-state index contributed by atoms with van der Waals surface area (Å²) in [5.74, 6) is 0. The van der Waals surface area contributed by atoms with Crippen molar-refractivity contribution in [1.29, 1.82) is 0 Å². The number of hydrogen-bond donors (Lipinski definition) is 0. The molecule has 5 heteroatoms. The van der Waals surface area contributed by atoms with E-state index in [2.05, 4.69) is 109 Å². The van der Waals surface area contributed by atoms with Crippen molar-refractivity contribution < 1.29 is 4.43 Å². The molecule has 1 aromatic heterocycles. The van der Waals surface area contributed by atoms with E-state index in [4.69, 9.17) is 4.43 Å². The molecule has 3 aromatic rings. The molecule has 0 aliphatic carbocycles. The van der Waals surface area contributed by atoms with Gasteiger partial charge in [-0.05, 0) is 44.7 Å². The van der Waals surface area contributed by atoms with Gasteiger partial charge in [0.05, 0.1) is 16.7 Å². The van der Waals surface area contributed by atoms with E-state index in [0.29, 0.717) is 6.61 Å². The second kappa shape index (κ2) is 8.76. The van der Waals surface area contributed by atoms with Crippen LogP contribution in [0.15, 0.2) is 77.5 Å². The first kappa shape index (κ1) is 21.0. The van der Waals surface area contributed by atoms with Crippen LogP contribution < -0.4 is 10.4 Å². The number of halogens is 1. The molecule has 0 saturated heterocycles. The van der Waals surface area contributed by atoms with E-state index in [1.807, 2.05) is 17.1 Å². The van der Waals surface area contributed by atoms with E-state index in [-0.39, 0.29) is 11.1 Å². The fourth-order valence-corrected chi connectivity index (χ4v) is 8.71. The molecule has 28 heavy (non-hydrogen) atoms. The SMILES string of the molecule is C[C@H](CCO[Si](c1ccccc1)(c1ccccc1)C(C)(C)C)n1cc(Br)cn1. The van der Waals surface area contributed by atoms with Gasteiger partial charge in [0.15, 0.2) is 0 Å². The summed E-state index contributed by atoms with van der Waals surface area (Å²) in [6, 6.07) is 21.9. The molecular weight excluding hydrogens is 428 g/mol. The number of benzene rings is 2. The summed E-state index contributed by atoms with van der Waals surface area (Å²) in [6.07, 6.45) is 4.77. The van der Waals surface area contributed by atoms with Gasteiger partial charge in [-0.25, -0.2) is 0 Å². The van der Waals surface area contributed by atoms with Gasteiger partial charge in [0.25, 0.3) is 8.32 Å². The summed E-state index contributed by atoms with van der Waals surface area (Å²) in [5.41, 5.74) is 0. The second-order valence-corrected chi connectivity index (χ2v) is 13.5. The van der Waals surface area contributed by atoms with Crippen molar-refractivity contribution in [3.05, 3.63) is 77.5 Å². The zero-order valence-corrected chi connectivity index (χ0v) is 19.7. The highest BCUT2D eigenvalue weighted by molar-refractivity contribution is 9.10. The zero-order chi connectivity index (χ0) is 20.2. The van der Waals surface area contributed by atoms with E-state index in [9.17, 15) is 0 Å². The van der Waals surface area contributed by atoms with Crippen molar-refractivity contribution in [3.63, 3.8) is 0 Å². The van der Waals surface area contributed by atoms with E-state index < -0.39 is 8.32 Å². The maximum atomic E-state index is 6.95. The Labute approximate surface area is 178 Å². The number of nitrogens with zero attached hydrogens (tertiary/aromatic N) is 2. The molecule has 0 aliphatic heterocycles. The maximum Gasteiger partial charge on any atom is 0.261 e.